The minimum atomic E-state index is -0.280. The molecule has 1 fully saturated rings. The summed E-state index contributed by atoms with van der Waals surface area (Å²) in [7, 11) is 0. The van der Waals surface area contributed by atoms with Crippen molar-refractivity contribution in [1.29, 1.82) is 0 Å². The Bertz CT molecular complexity index is 1120. The third-order valence-corrected chi connectivity index (χ3v) is 5.25. The summed E-state index contributed by atoms with van der Waals surface area (Å²) in [5, 5.41) is 8.41. The van der Waals surface area contributed by atoms with Crippen LogP contribution in [0.2, 0.25) is 5.02 Å². The summed E-state index contributed by atoms with van der Waals surface area (Å²) in [4.78, 5) is 29.8. The first-order valence-electron chi connectivity index (χ1n) is 9.22. The second-order valence-electron chi connectivity index (χ2n) is 6.87. The first kappa shape index (κ1) is 17.6. The summed E-state index contributed by atoms with van der Waals surface area (Å²) in [5.74, 6) is 0.00458. The molecule has 0 aliphatic carbocycles. The summed E-state index contributed by atoms with van der Waals surface area (Å²) in [6.45, 7) is 0. The highest BCUT2D eigenvalue weighted by molar-refractivity contribution is 6.30. The van der Waals surface area contributed by atoms with Gasteiger partial charge in [-0.05, 0) is 29.3 Å². The van der Waals surface area contributed by atoms with Crippen molar-refractivity contribution in [3.63, 3.8) is 0 Å². The molecule has 2 amide bonds. The summed E-state index contributed by atoms with van der Waals surface area (Å²) >= 11 is 6.05. The molecule has 0 saturated carbocycles. The van der Waals surface area contributed by atoms with Crippen molar-refractivity contribution in [3.8, 4) is 0 Å². The van der Waals surface area contributed by atoms with Crippen LogP contribution in [-0.4, -0.2) is 26.6 Å². The first-order chi connectivity index (χ1) is 14.1. The van der Waals surface area contributed by atoms with E-state index in [-0.39, 0.29) is 36.6 Å². The molecule has 144 valence electrons. The average Bonchev–Trinajstić information content (AvgIpc) is 3.30. The Labute approximate surface area is 171 Å². The van der Waals surface area contributed by atoms with Gasteiger partial charge in [0.2, 0.25) is 17.8 Å². The minimum absolute atomic E-state index is 0.0988. The van der Waals surface area contributed by atoms with Gasteiger partial charge < -0.3 is 5.32 Å². The lowest BCUT2D eigenvalue weighted by Gasteiger charge is -2.24. The smallest absolute Gasteiger partial charge is 0.260 e. The van der Waals surface area contributed by atoms with E-state index >= 15 is 0 Å². The number of nitrogens with zero attached hydrogens (tertiary/aromatic N) is 4. The number of allylic oxidation sites excluding steroid dienone is 1. The van der Waals surface area contributed by atoms with Crippen LogP contribution in [0, 0.1) is 0 Å². The van der Waals surface area contributed by atoms with Gasteiger partial charge in [0, 0.05) is 23.6 Å². The van der Waals surface area contributed by atoms with E-state index in [9.17, 15) is 9.59 Å². The highest BCUT2D eigenvalue weighted by atomic mass is 35.5. The van der Waals surface area contributed by atoms with Crippen LogP contribution in [-0.2, 0) is 9.59 Å². The van der Waals surface area contributed by atoms with E-state index < -0.39 is 0 Å². The highest BCUT2D eigenvalue weighted by Crippen LogP contribution is 2.34. The van der Waals surface area contributed by atoms with E-state index in [1.54, 1.807) is 4.68 Å². The van der Waals surface area contributed by atoms with Crippen molar-refractivity contribution < 1.29 is 9.59 Å². The van der Waals surface area contributed by atoms with Gasteiger partial charge in [0.25, 0.3) is 5.95 Å². The fourth-order valence-corrected chi connectivity index (χ4v) is 3.69. The zero-order chi connectivity index (χ0) is 20.0. The molecule has 1 N–H and O–H groups in total. The Kier molecular flexibility index (Phi) is 4.17. The number of fused-ring (bicyclic) bond motifs is 1. The Morgan fingerprint density at radius 3 is 2.34 bits per heavy atom. The van der Waals surface area contributed by atoms with Crippen LogP contribution in [0.4, 0.5) is 11.9 Å². The van der Waals surface area contributed by atoms with Crippen LogP contribution in [0.25, 0.3) is 5.70 Å². The maximum absolute atomic E-state index is 12.1. The van der Waals surface area contributed by atoms with Crippen LogP contribution in [0.5, 0.6) is 0 Å². The largest absolute Gasteiger partial charge is 0.324 e. The molecule has 1 unspecified atom stereocenters. The van der Waals surface area contributed by atoms with Gasteiger partial charge in [0.1, 0.15) is 6.04 Å². The summed E-state index contributed by atoms with van der Waals surface area (Å²) in [6.07, 6.45) is 2.41. The van der Waals surface area contributed by atoms with Crippen LogP contribution in [0.15, 0.2) is 60.7 Å². The van der Waals surface area contributed by atoms with Crippen LogP contribution < -0.4 is 10.2 Å². The number of nitrogens with one attached hydrogen (secondary N) is 1. The van der Waals surface area contributed by atoms with Gasteiger partial charge in [-0.15, -0.1) is 5.10 Å². The standard InChI is InChI=1S/C21H16ClN5O2/c22-15-8-6-14(7-9-15)17-12-16(13-4-2-1-3-5-13)23-20-24-21(25-27(17)20)26-18(28)10-11-19(26)29/h1-9,12,17H,10-11H2,(H,23,24,25). The summed E-state index contributed by atoms with van der Waals surface area (Å²) in [5.41, 5.74) is 2.83. The van der Waals surface area contributed by atoms with Crippen molar-refractivity contribution >= 4 is 41.0 Å². The summed E-state index contributed by atoms with van der Waals surface area (Å²) in [6, 6.07) is 17.1. The molecule has 5 rings (SSSR count). The lowest BCUT2D eigenvalue weighted by Crippen LogP contribution is -2.29. The van der Waals surface area contributed by atoms with E-state index in [4.69, 9.17) is 11.6 Å². The second-order valence-corrected chi connectivity index (χ2v) is 7.31. The Morgan fingerprint density at radius 2 is 1.66 bits per heavy atom. The fourth-order valence-electron chi connectivity index (χ4n) is 3.56. The van der Waals surface area contributed by atoms with Crippen molar-refractivity contribution in [3.05, 3.63) is 76.8 Å². The maximum Gasteiger partial charge on any atom is 0.260 e. The Morgan fingerprint density at radius 1 is 0.966 bits per heavy atom. The monoisotopic (exact) mass is 405 g/mol. The maximum atomic E-state index is 12.1. The third-order valence-electron chi connectivity index (χ3n) is 5.00. The van der Waals surface area contributed by atoms with Gasteiger partial charge in [-0.25, -0.2) is 9.58 Å². The first-order valence-corrected chi connectivity index (χ1v) is 9.60. The van der Waals surface area contributed by atoms with Crippen LogP contribution >= 0.6 is 11.6 Å². The van der Waals surface area contributed by atoms with Gasteiger partial charge in [-0.2, -0.15) is 4.98 Å². The average molecular weight is 406 g/mol. The molecule has 2 aromatic carbocycles. The molecule has 0 spiro atoms. The number of anilines is 2. The van der Waals surface area contributed by atoms with Crippen LogP contribution in [0.3, 0.4) is 0 Å². The highest BCUT2D eigenvalue weighted by Gasteiger charge is 2.35. The lowest BCUT2D eigenvalue weighted by atomic mass is 10.0. The molecule has 7 nitrogen and oxygen atoms in total. The van der Waals surface area contributed by atoms with Gasteiger partial charge in [-0.1, -0.05) is 54.1 Å². The number of benzene rings is 2. The van der Waals surface area contributed by atoms with Gasteiger partial charge >= 0.3 is 0 Å². The molecule has 1 aromatic heterocycles. The number of halogens is 1. The topological polar surface area (TPSA) is 80.1 Å². The molecule has 2 aliphatic rings. The van der Waals surface area contributed by atoms with Crippen molar-refractivity contribution in [2.75, 3.05) is 10.2 Å². The third kappa shape index (κ3) is 3.09. The number of amides is 2. The molecule has 1 saturated heterocycles. The van der Waals surface area contributed by atoms with E-state index in [2.05, 4.69) is 15.4 Å². The number of aromatic nitrogens is 3. The van der Waals surface area contributed by atoms with E-state index in [1.165, 1.54) is 0 Å². The lowest BCUT2D eigenvalue weighted by molar-refractivity contribution is -0.121. The quantitative estimate of drug-likeness (QED) is 0.673. The molecule has 3 heterocycles. The molecule has 2 aliphatic heterocycles. The number of carbonyl (C=O) groups is 2. The normalized spacial score (nSPS) is 18.4. The van der Waals surface area contributed by atoms with E-state index in [0.29, 0.717) is 11.0 Å². The van der Waals surface area contributed by atoms with Gasteiger partial charge in [0.05, 0.1) is 0 Å². The van der Waals surface area contributed by atoms with Gasteiger partial charge in [-0.3, -0.25) is 9.59 Å². The van der Waals surface area contributed by atoms with Crippen molar-refractivity contribution in [2.24, 2.45) is 0 Å². The zero-order valence-electron chi connectivity index (χ0n) is 15.2. The van der Waals surface area contributed by atoms with Crippen molar-refractivity contribution in [1.82, 2.24) is 14.8 Å². The predicted molar refractivity (Wildman–Crippen MR) is 109 cm³/mol. The minimum Gasteiger partial charge on any atom is -0.324 e. The van der Waals surface area contributed by atoms with Crippen molar-refractivity contribution in [2.45, 2.75) is 18.9 Å². The predicted octanol–water partition coefficient (Wildman–Crippen LogP) is 3.64. The Hall–Kier alpha value is -3.45. The number of hydrogen-bond donors (Lipinski definition) is 1. The molecule has 0 radical (unpaired) electrons. The second kappa shape index (κ2) is 6.86. The fraction of sp³-hybridized carbons (Fsp3) is 0.143. The zero-order valence-corrected chi connectivity index (χ0v) is 16.0. The molecule has 0 bridgehead atoms. The summed E-state index contributed by atoms with van der Waals surface area (Å²) < 4.78 is 1.68. The Balaban J connectivity index is 1.61. The molecule has 3 aromatic rings. The van der Waals surface area contributed by atoms with Gasteiger partial charge in [0.15, 0.2) is 0 Å². The molecular weight excluding hydrogens is 390 g/mol. The number of hydrogen-bond acceptors (Lipinski definition) is 5. The van der Waals surface area contributed by atoms with E-state index in [1.807, 2.05) is 60.7 Å². The number of imide groups is 1. The number of carbonyl (C=O) groups excluding carboxylic acids is 2. The molecule has 8 heteroatoms. The number of rotatable bonds is 3. The molecule has 29 heavy (non-hydrogen) atoms. The molecular formula is C21H16ClN5O2. The SMILES string of the molecule is O=C1CCC(=O)N1c1nc2n(n1)C(c1ccc(Cl)cc1)C=C(c1ccccc1)N2. The molecule has 1 atom stereocenters. The van der Waals surface area contributed by atoms with E-state index in [0.717, 1.165) is 21.7 Å². The van der Waals surface area contributed by atoms with Crippen LogP contribution in [0.1, 0.15) is 30.0 Å².